The van der Waals surface area contributed by atoms with Gasteiger partial charge in [-0.25, -0.2) is 0 Å². The Labute approximate surface area is 159 Å². The Hall–Kier alpha value is -2.14. The van der Waals surface area contributed by atoms with Crippen molar-refractivity contribution in [1.29, 1.82) is 0 Å². The number of rotatable bonds is 10. The third-order valence-electron chi connectivity index (χ3n) is 4.61. The van der Waals surface area contributed by atoms with Crippen molar-refractivity contribution in [1.82, 2.24) is 10.2 Å². The molecule has 2 heteroatoms. The van der Waals surface area contributed by atoms with Crippen LogP contribution in [0.3, 0.4) is 0 Å². The first-order chi connectivity index (χ1) is 12.8. The van der Waals surface area contributed by atoms with Crippen LogP contribution in [-0.2, 0) is 12.8 Å². The molecule has 0 aliphatic carbocycles. The minimum atomic E-state index is 0.742. The second-order valence-corrected chi connectivity index (χ2v) is 6.98. The van der Waals surface area contributed by atoms with Crippen LogP contribution in [-0.4, -0.2) is 10.2 Å². The van der Waals surface area contributed by atoms with Crippen LogP contribution in [0.2, 0.25) is 0 Å². The molecular weight excluding hydrogens is 316 g/mol. The smallest absolute Gasteiger partial charge is 0.136 e. The Bertz CT molecular complexity index is 675. The topological polar surface area (TPSA) is 25.8 Å². The van der Waals surface area contributed by atoms with Gasteiger partial charge in [-0.1, -0.05) is 70.4 Å². The summed E-state index contributed by atoms with van der Waals surface area (Å²) in [6, 6.07) is 12.6. The zero-order valence-corrected chi connectivity index (χ0v) is 16.4. The highest BCUT2D eigenvalue weighted by Gasteiger charge is 1.98. The van der Waals surface area contributed by atoms with E-state index in [0.29, 0.717) is 0 Å². The SMILES string of the molecule is CCCCCCCCc1ccc(C#Cc2ccc(CCCC)cc2)nn1. The third-order valence-corrected chi connectivity index (χ3v) is 4.61. The molecule has 1 aromatic heterocycles. The van der Waals surface area contributed by atoms with E-state index in [2.05, 4.69) is 66.2 Å². The number of hydrogen-bond acceptors (Lipinski definition) is 2. The maximum absolute atomic E-state index is 4.32. The van der Waals surface area contributed by atoms with Gasteiger partial charge in [0.25, 0.3) is 0 Å². The number of nitrogens with zero attached hydrogens (tertiary/aromatic N) is 2. The summed E-state index contributed by atoms with van der Waals surface area (Å²) in [5.41, 5.74) is 4.23. The highest BCUT2D eigenvalue weighted by molar-refractivity contribution is 5.40. The van der Waals surface area contributed by atoms with E-state index in [0.717, 1.165) is 29.8 Å². The van der Waals surface area contributed by atoms with Gasteiger partial charge < -0.3 is 0 Å². The van der Waals surface area contributed by atoms with Crippen LogP contribution in [0.5, 0.6) is 0 Å². The minimum Gasteiger partial charge on any atom is -0.154 e. The molecule has 0 radical (unpaired) electrons. The Morgan fingerprint density at radius 2 is 1.38 bits per heavy atom. The van der Waals surface area contributed by atoms with Gasteiger partial charge in [0, 0.05) is 5.56 Å². The lowest BCUT2D eigenvalue weighted by molar-refractivity contribution is 0.603. The largest absolute Gasteiger partial charge is 0.154 e. The maximum atomic E-state index is 4.32. The number of aryl methyl sites for hydroxylation is 2. The Kier molecular flexibility index (Phi) is 9.51. The Morgan fingerprint density at radius 1 is 0.654 bits per heavy atom. The molecule has 26 heavy (non-hydrogen) atoms. The summed E-state index contributed by atoms with van der Waals surface area (Å²) in [6.07, 6.45) is 12.5. The van der Waals surface area contributed by atoms with Gasteiger partial charge in [-0.2, -0.15) is 5.10 Å². The van der Waals surface area contributed by atoms with Crippen LogP contribution in [0, 0.1) is 11.8 Å². The summed E-state index contributed by atoms with van der Waals surface area (Å²) in [5, 5.41) is 8.58. The van der Waals surface area contributed by atoms with Crippen molar-refractivity contribution >= 4 is 0 Å². The number of aromatic nitrogens is 2. The molecule has 138 valence electrons. The summed E-state index contributed by atoms with van der Waals surface area (Å²) in [4.78, 5) is 0. The van der Waals surface area contributed by atoms with Crippen LogP contribution in [0.25, 0.3) is 0 Å². The molecule has 0 saturated carbocycles. The molecule has 2 aromatic rings. The molecule has 0 N–H and O–H groups in total. The van der Waals surface area contributed by atoms with E-state index >= 15 is 0 Å². The van der Waals surface area contributed by atoms with Gasteiger partial charge in [0.1, 0.15) is 5.69 Å². The molecule has 2 nitrogen and oxygen atoms in total. The van der Waals surface area contributed by atoms with Gasteiger partial charge in [0.15, 0.2) is 0 Å². The quantitative estimate of drug-likeness (QED) is 0.382. The lowest BCUT2D eigenvalue weighted by atomic mass is 10.1. The van der Waals surface area contributed by atoms with E-state index in [4.69, 9.17) is 0 Å². The first-order valence-corrected chi connectivity index (χ1v) is 10.3. The fraction of sp³-hybridized carbons (Fsp3) is 0.500. The first kappa shape index (κ1) is 20.2. The summed E-state index contributed by atoms with van der Waals surface area (Å²) < 4.78 is 0. The summed E-state index contributed by atoms with van der Waals surface area (Å²) in [6.45, 7) is 4.47. The van der Waals surface area contributed by atoms with Gasteiger partial charge in [-0.05, 0) is 61.4 Å². The van der Waals surface area contributed by atoms with E-state index < -0.39 is 0 Å². The molecule has 1 aromatic carbocycles. The van der Waals surface area contributed by atoms with Crippen molar-refractivity contribution in [2.45, 2.75) is 78.1 Å². The van der Waals surface area contributed by atoms with E-state index in [-0.39, 0.29) is 0 Å². The maximum Gasteiger partial charge on any atom is 0.136 e. The molecule has 0 saturated heterocycles. The van der Waals surface area contributed by atoms with Crippen LogP contribution in [0.4, 0.5) is 0 Å². The van der Waals surface area contributed by atoms with Crippen LogP contribution >= 0.6 is 0 Å². The molecule has 0 unspecified atom stereocenters. The Morgan fingerprint density at radius 3 is 2.08 bits per heavy atom. The van der Waals surface area contributed by atoms with E-state index in [9.17, 15) is 0 Å². The molecule has 0 atom stereocenters. The first-order valence-electron chi connectivity index (χ1n) is 10.3. The number of unbranched alkanes of at least 4 members (excludes halogenated alkanes) is 6. The van der Waals surface area contributed by atoms with E-state index in [1.54, 1.807) is 0 Å². The highest BCUT2D eigenvalue weighted by Crippen LogP contribution is 2.09. The lowest BCUT2D eigenvalue weighted by Gasteiger charge is -2.01. The second-order valence-electron chi connectivity index (χ2n) is 6.98. The fourth-order valence-electron chi connectivity index (χ4n) is 2.92. The predicted molar refractivity (Wildman–Crippen MR) is 110 cm³/mol. The van der Waals surface area contributed by atoms with Gasteiger partial charge in [-0.15, -0.1) is 5.10 Å². The van der Waals surface area contributed by atoms with Crippen molar-refractivity contribution in [3.8, 4) is 11.8 Å². The van der Waals surface area contributed by atoms with Crippen LogP contribution < -0.4 is 0 Å². The summed E-state index contributed by atoms with van der Waals surface area (Å²) in [7, 11) is 0. The molecule has 0 aliphatic rings. The molecular formula is C24H32N2. The van der Waals surface area contributed by atoms with E-state index in [1.807, 2.05) is 6.07 Å². The average Bonchev–Trinajstić information content (AvgIpc) is 2.69. The van der Waals surface area contributed by atoms with Gasteiger partial charge in [0.2, 0.25) is 0 Å². The van der Waals surface area contributed by atoms with E-state index in [1.165, 1.54) is 56.9 Å². The van der Waals surface area contributed by atoms with Crippen molar-refractivity contribution in [2.24, 2.45) is 0 Å². The average molecular weight is 349 g/mol. The normalized spacial score (nSPS) is 10.4. The highest BCUT2D eigenvalue weighted by atomic mass is 15.1. The zero-order chi connectivity index (χ0) is 18.5. The summed E-state index contributed by atoms with van der Waals surface area (Å²) >= 11 is 0. The molecule has 1 heterocycles. The predicted octanol–water partition coefficient (Wildman–Crippen LogP) is 6.12. The summed E-state index contributed by atoms with van der Waals surface area (Å²) in [5.74, 6) is 6.30. The monoisotopic (exact) mass is 348 g/mol. The molecule has 0 aliphatic heterocycles. The molecule has 0 spiro atoms. The van der Waals surface area contributed by atoms with Crippen molar-refractivity contribution in [3.63, 3.8) is 0 Å². The van der Waals surface area contributed by atoms with Crippen LogP contribution in [0.1, 0.15) is 87.7 Å². The van der Waals surface area contributed by atoms with Crippen molar-refractivity contribution in [3.05, 3.63) is 58.9 Å². The van der Waals surface area contributed by atoms with Gasteiger partial charge in [-0.3, -0.25) is 0 Å². The standard InChI is InChI=1S/C24H32N2/c1-3-5-7-8-9-10-12-23-19-20-24(26-25-23)18-17-22-15-13-21(14-16-22)11-6-4-2/h13-16,19-20H,3-12H2,1-2H3. The van der Waals surface area contributed by atoms with Crippen molar-refractivity contribution in [2.75, 3.05) is 0 Å². The second kappa shape index (κ2) is 12.3. The zero-order valence-electron chi connectivity index (χ0n) is 16.4. The number of hydrogen-bond donors (Lipinski definition) is 0. The van der Waals surface area contributed by atoms with Crippen LogP contribution in [0.15, 0.2) is 36.4 Å². The fourth-order valence-corrected chi connectivity index (χ4v) is 2.92. The molecule has 0 bridgehead atoms. The third kappa shape index (κ3) is 7.83. The minimum absolute atomic E-state index is 0.742. The molecule has 2 rings (SSSR count). The van der Waals surface area contributed by atoms with Crippen molar-refractivity contribution < 1.29 is 0 Å². The molecule has 0 amide bonds. The Balaban J connectivity index is 1.79. The molecule has 0 fully saturated rings. The van der Waals surface area contributed by atoms with Gasteiger partial charge in [0.05, 0.1) is 5.69 Å². The number of benzene rings is 1. The van der Waals surface area contributed by atoms with Gasteiger partial charge >= 0.3 is 0 Å². The lowest BCUT2D eigenvalue weighted by Crippen LogP contribution is -1.95.